The summed E-state index contributed by atoms with van der Waals surface area (Å²) in [6, 6.07) is 12.3. The van der Waals surface area contributed by atoms with Gasteiger partial charge in [-0.25, -0.2) is 4.98 Å². The second-order valence-electron chi connectivity index (χ2n) is 6.84. The van der Waals surface area contributed by atoms with E-state index < -0.39 is 11.8 Å². The number of amides is 2. The molecule has 0 saturated carbocycles. The van der Waals surface area contributed by atoms with E-state index in [-0.39, 0.29) is 0 Å². The molecule has 0 unspecified atom stereocenters. The number of nitrogens with zero attached hydrogens (tertiary/aromatic N) is 2. The number of anilines is 3. The molecule has 3 aromatic rings. The fourth-order valence-corrected chi connectivity index (χ4v) is 3.27. The van der Waals surface area contributed by atoms with Crippen molar-refractivity contribution < 1.29 is 23.5 Å². The Labute approximate surface area is 179 Å². The second kappa shape index (κ2) is 9.31. The van der Waals surface area contributed by atoms with Gasteiger partial charge in [-0.15, -0.1) is 0 Å². The Balaban J connectivity index is 1.38. The molecule has 1 aromatic heterocycles. The van der Waals surface area contributed by atoms with Gasteiger partial charge in [-0.05, 0) is 36.4 Å². The number of methoxy groups -OCH3 is 1. The van der Waals surface area contributed by atoms with Crippen LogP contribution in [0, 0.1) is 0 Å². The van der Waals surface area contributed by atoms with Gasteiger partial charge >= 0.3 is 11.8 Å². The van der Waals surface area contributed by atoms with Crippen molar-refractivity contribution in [3.63, 3.8) is 0 Å². The van der Waals surface area contributed by atoms with Crippen LogP contribution in [0.3, 0.4) is 0 Å². The number of hydrogen-bond donors (Lipinski definition) is 2. The molecule has 1 saturated heterocycles. The summed E-state index contributed by atoms with van der Waals surface area (Å²) in [5.74, 6) is -0.536. The number of rotatable bonds is 5. The Morgan fingerprint density at radius 3 is 2.32 bits per heavy atom. The Morgan fingerprint density at radius 1 is 1.00 bits per heavy atom. The molecule has 4 rings (SSSR count). The van der Waals surface area contributed by atoms with E-state index in [9.17, 15) is 9.59 Å². The molecular weight excluding hydrogens is 400 g/mol. The minimum atomic E-state index is -0.785. The summed E-state index contributed by atoms with van der Waals surface area (Å²) < 4.78 is 16.0. The van der Waals surface area contributed by atoms with Crippen LogP contribution in [0.15, 0.2) is 59.5 Å². The van der Waals surface area contributed by atoms with Crippen molar-refractivity contribution in [3.05, 3.63) is 55.1 Å². The molecule has 2 aromatic carbocycles. The van der Waals surface area contributed by atoms with Gasteiger partial charge in [0, 0.05) is 36.2 Å². The SMILES string of the molecule is COc1cc(NC(=O)C(=O)Nc2ccc(N3CCOCC3)cc2)ccc1-c1cnco1. The van der Waals surface area contributed by atoms with E-state index in [0.717, 1.165) is 18.8 Å². The van der Waals surface area contributed by atoms with E-state index in [0.29, 0.717) is 41.7 Å². The Kier molecular flexibility index (Phi) is 6.13. The van der Waals surface area contributed by atoms with E-state index in [4.69, 9.17) is 13.9 Å². The van der Waals surface area contributed by atoms with Gasteiger partial charge in [-0.1, -0.05) is 0 Å². The van der Waals surface area contributed by atoms with Crippen LogP contribution in [0.1, 0.15) is 0 Å². The lowest BCUT2D eigenvalue weighted by molar-refractivity contribution is -0.132. The first kappa shape index (κ1) is 20.4. The van der Waals surface area contributed by atoms with Gasteiger partial charge in [0.05, 0.1) is 32.1 Å². The van der Waals surface area contributed by atoms with Gasteiger partial charge in [0.15, 0.2) is 12.2 Å². The quantitative estimate of drug-likeness (QED) is 0.609. The van der Waals surface area contributed by atoms with Crippen molar-refractivity contribution in [2.24, 2.45) is 0 Å². The van der Waals surface area contributed by atoms with Crippen LogP contribution < -0.4 is 20.3 Å². The van der Waals surface area contributed by atoms with Crippen LogP contribution in [0.2, 0.25) is 0 Å². The fourth-order valence-electron chi connectivity index (χ4n) is 3.27. The highest BCUT2D eigenvalue weighted by Crippen LogP contribution is 2.32. The first-order chi connectivity index (χ1) is 15.1. The highest BCUT2D eigenvalue weighted by atomic mass is 16.5. The molecule has 31 heavy (non-hydrogen) atoms. The smallest absolute Gasteiger partial charge is 0.314 e. The first-order valence-electron chi connectivity index (χ1n) is 9.76. The number of carbonyl (C=O) groups is 2. The third kappa shape index (κ3) is 4.84. The zero-order valence-corrected chi connectivity index (χ0v) is 17.0. The van der Waals surface area contributed by atoms with Crippen LogP contribution in [-0.4, -0.2) is 50.2 Å². The molecule has 0 radical (unpaired) electrons. The molecule has 2 amide bonds. The van der Waals surface area contributed by atoms with Crippen molar-refractivity contribution in [1.29, 1.82) is 0 Å². The largest absolute Gasteiger partial charge is 0.496 e. The topological polar surface area (TPSA) is 106 Å². The Hall–Kier alpha value is -3.85. The molecular formula is C22H22N4O5. The molecule has 2 heterocycles. The fraction of sp³-hybridized carbons (Fsp3) is 0.227. The van der Waals surface area contributed by atoms with Gasteiger partial charge < -0.3 is 29.4 Å². The summed E-state index contributed by atoms with van der Waals surface area (Å²) in [5, 5.41) is 5.18. The predicted octanol–water partition coefficient (Wildman–Crippen LogP) is 2.76. The van der Waals surface area contributed by atoms with E-state index in [1.165, 1.54) is 13.5 Å². The molecule has 1 aliphatic heterocycles. The van der Waals surface area contributed by atoms with Crippen LogP contribution >= 0.6 is 0 Å². The van der Waals surface area contributed by atoms with Crippen molar-refractivity contribution in [2.75, 3.05) is 48.9 Å². The molecule has 0 aliphatic carbocycles. The lowest BCUT2D eigenvalue weighted by Gasteiger charge is -2.28. The molecule has 1 aliphatic rings. The highest BCUT2D eigenvalue weighted by molar-refractivity contribution is 6.43. The minimum Gasteiger partial charge on any atom is -0.496 e. The molecule has 9 nitrogen and oxygen atoms in total. The third-order valence-corrected chi connectivity index (χ3v) is 4.86. The molecule has 0 bridgehead atoms. The first-order valence-corrected chi connectivity index (χ1v) is 9.76. The number of hydrogen-bond acceptors (Lipinski definition) is 7. The number of aromatic nitrogens is 1. The summed E-state index contributed by atoms with van der Waals surface area (Å²) in [6.45, 7) is 3.05. The number of nitrogens with one attached hydrogen (secondary N) is 2. The maximum absolute atomic E-state index is 12.3. The number of carbonyl (C=O) groups excluding carboxylic acids is 2. The Morgan fingerprint density at radius 2 is 1.68 bits per heavy atom. The lowest BCUT2D eigenvalue weighted by Crippen LogP contribution is -2.36. The molecule has 0 spiro atoms. The number of oxazole rings is 1. The van der Waals surface area contributed by atoms with E-state index in [2.05, 4.69) is 20.5 Å². The van der Waals surface area contributed by atoms with Gasteiger partial charge in [-0.3, -0.25) is 9.59 Å². The number of benzene rings is 2. The van der Waals surface area contributed by atoms with Gasteiger partial charge in [0.1, 0.15) is 5.75 Å². The summed E-state index contributed by atoms with van der Waals surface area (Å²) in [4.78, 5) is 30.7. The van der Waals surface area contributed by atoms with Crippen molar-refractivity contribution in [3.8, 4) is 17.1 Å². The predicted molar refractivity (Wildman–Crippen MR) is 115 cm³/mol. The highest BCUT2D eigenvalue weighted by Gasteiger charge is 2.17. The van der Waals surface area contributed by atoms with E-state index in [1.807, 2.05) is 12.1 Å². The monoisotopic (exact) mass is 422 g/mol. The summed E-state index contributed by atoms with van der Waals surface area (Å²) in [6.07, 6.45) is 2.89. The maximum atomic E-state index is 12.3. The van der Waals surface area contributed by atoms with E-state index in [1.54, 1.807) is 36.5 Å². The van der Waals surface area contributed by atoms with Crippen molar-refractivity contribution >= 4 is 28.9 Å². The van der Waals surface area contributed by atoms with E-state index >= 15 is 0 Å². The molecule has 1 fully saturated rings. The average molecular weight is 422 g/mol. The number of ether oxygens (including phenoxy) is 2. The van der Waals surface area contributed by atoms with Gasteiger partial charge in [0.2, 0.25) is 0 Å². The minimum absolute atomic E-state index is 0.419. The van der Waals surface area contributed by atoms with Gasteiger partial charge in [0.25, 0.3) is 0 Å². The molecule has 160 valence electrons. The average Bonchev–Trinajstić information content (AvgIpc) is 3.35. The summed E-state index contributed by atoms with van der Waals surface area (Å²) >= 11 is 0. The zero-order valence-electron chi connectivity index (χ0n) is 17.0. The third-order valence-electron chi connectivity index (χ3n) is 4.86. The van der Waals surface area contributed by atoms with Crippen LogP contribution in [0.5, 0.6) is 5.75 Å². The maximum Gasteiger partial charge on any atom is 0.314 e. The second-order valence-corrected chi connectivity index (χ2v) is 6.84. The molecule has 2 N–H and O–H groups in total. The molecule has 0 atom stereocenters. The molecule has 9 heteroatoms. The van der Waals surface area contributed by atoms with Crippen molar-refractivity contribution in [2.45, 2.75) is 0 Å². The Bertz CT molecular complexity index is 1040. The van der Waals surface area contributed by atoms with Gasteiger partial charge in [-0.2, -0.15) is 0 Å². The van der Waals surface area contributed by atoms with Crippen LogP contribution in [0.4, 0.5) is 17.1 Å². The standard InChI is InChI=1S/C22H22N4O5/c1-29-19-12-16(4-7-18(19)20-13-23-14-31-20)25-22(28)21(27)24-15-2-5-17(6-3-15)26-8-10-30-11-9-26/h2-7,12-14H,8-11H2,1H3,(H,24,27)(H,25,28). The van der Waals surface area contributed by atoms with Crippen molar-refractivity contribution in [1.82, 2.24) is 4.98 Å². The summed E-state index contributed by atoms with van der Waals surface area (Å²) in [5.41, 5.74) is 2.69. The van der Waals surface area contributed by atoms with Crippen LogP contribution in [0.25, 0.3) is 11.3 Å². The number of morpholine rings is 1. The van der Waals surface area contributed by atoms with Crippen LogP contribution in [-0.2, 0) is 14.3 Å². The lowest BCUT2D eigenvalue weighted by atomic mass is 10.1. The normalized spacial score (nSPS) is 13.5. The zero-order chi connectivity index (χ0) is 21.6. The summed E-state index contributed by atoms with van der Waals surface area (Å²) in [7, 11) is 1.51.